The van der Waals surface area contributed by atoms with Gasteiger partial charge in [-0.05, 0) is 30.0 Å². The van der Waals surface area contributed by atoms with Crippen LogP contribution in [-0.4, -0.2) is 35.0 Å². The minimum absolute atomic E-state index is 0.0638. The maximum absolute atomic E-state index is 11.9. The molecule has 1 amide bonds. The molecule has 126 valence electrons. The summed E-state index contributed by atoms with van der Waals surface area (Å²) < 4.78 is 5.03. The molecule has 0 N–H and O–H groups in total. The lowest BCUT2D eigenvalue weighted by atomic mass is 10.0. The van der Waals surface area contributed by atoms with Crippen LogP contribution in [0.15, 0.2) is 24.3 Å². The summed E-state index contributed by atoms with van der Waals surface area (Å²) in [6, 6.07) is 4.47. The van der Waals surface area contributed by atoms with Gasteiger partial charge in [-0.3, -0.25) is 10.1 Å². The molecule has 0 bridgehead atoms. The van der Waals surface area contributed by atoms with E-state index in [9.17, 15) is 24.8 Å². The van der Waals surface area contributed by atoms with Gasteiger partial charge < -0.3 is 19.5 Å². The highest BCUT2D eigenvalue weighted by Crippen LogP contribution is 2.14. The quantitative estimate of drug-likeness (QED) is 0.552. The van der Waals surface area contributed by atoms with Crippen LogP contribution in [0.1, 0.15) is 25.8 Å². The van der Waals surface area contributed by atoms with E-state index in [1.54, 1.807) is 0 Å². The van der Waals surface area contributed by atoms with E-state index in [-0.39, 0.29) is 24.6 Å². The third kappa shape index (κ3) is 5.57. The molecule has 0 aliphatic rings. The molecule has 0 fully saturated rings. The Bertz CT molecular complexity index is 570. The Morgan fingerprint density at radius 3 is 2.26 bits per heavy atom. The van der Waals surface area contributed by atoms with E-state index < -0.39 is 23.0 Å². The SMILES string of the molecule is CC(C)C[C@@H](C(=O)[O-])N(C)C(=O)OCc1ccc([N+](=O)[O-])cc1. The molecule has 1 aromatic rings. The smallest absolute Gasteiger partial charge is 0.410 e. The molecule has 0 radical (unpaired) electrons. The van der Waals surface area contributed by atoms with Crippen LogP contribution < -0.4 is 5.11 Å². The lowest BCUT2D eigenvalue weighted by Gasteiger charge is -2.29. The maximum atomic E-state index is 11.9. The predicted octanol–water partition coefficient (Wildman–Crippen LogP) is 1.33. The zero-order chi connectivity index (χ0) is 17.6. The Morgan fingerprint density at radius 1 is 1.26 bits per heavy atom. The number of carbonyl (C=O) groups excluding carboxylic acids is 2. The second kappa shape index (κ2) is 8.11. The molecule has 1 aromatic carbocycles. The Balaban J connectivity index is 2.63. The van der Waals surface area contributed by atoms with Crippen LogP contribution in [0.5, 0.6) is 0 Å². The number of nitro groups is 1. The van der Waals surface area contributed by atoms with Crippen molar-refractivity contribution in [3.8, 4) is 0 Å². The molecule has 8 heteroatoms. The number of hydrogen-bond donors (Lipinski definition) is 0. The van der Waals surface area contributed by atoms with E-state index in [4.69, 9.17) is 4.74 Å². The summed E-state index contributed by atoms with van der Waals surface area (Å²) in [5.41, 5.74) is 0.498. The van der Waals surface area contributed by atoms with Gasteiger partial charge in [0.25, 0.3) is 5.69 Å². The number of non-ortho nitro benzene ring substituents is 1. The summed E-state index contributed by atoms with van der Waals surface area (Å²) >= 11 is 0. The summed E-state index contributed by atoms with van der Waals surface area (Å²) in [4.78, 5) is 34.1. The number of carboxylic acid groups (broad SMARTS) is 1. The molecular weight excluding hydrogens is 304 g/mol. The molecule has 0 heterocycles. The molecule has 0 saturated carbocycles. The fourth-order valence-corrected chi connectivity index (χ4v) is 1.95. The Labute approximate surface area is 133 Å². The van der Waals surface area contributed by atoms with Crippen molar-refractivity contribution < 1.29 is 24.4 Å². The van der Waals surface area contributed by atoms with Crippen molar-refractivity contribution in [3.05, 3.63) is 39.9 Å². The van der Waals surface area contributed by atoms with E-state index >= 15 is 0 Å². The zero-order valence-electron chi connectivity index (χ0n) is 13.2. The van der Waals surface area contributed by atoms with Gasteiger partial charge in [-0.2, -0.15) is 0 Å². The van der Waals surface area contributed by atoms with Crippen molar-refractivity contribution >= 4 is 17.7 Å². The highest BCUT2D eigenvalue weighted by Gasteiger charge is 2.23. The topological polar surface area (TPSA) is 113 Å². The minimum atomic E-state index is -1.34. The lowest BCUT2D eigenvalue weighted by Crippen LogP contribution is -2.49. The van der Waals surface area contributed by atoms with Crippen molar-refractivity contribution in [2.45, 2.75) is 32.9 Å². The number of amides is 1. The molecule has 0 unspecified atom stereocenters. The van der Waals surface area contributed by atoms with Crippen LogP contribution in [0.4, 0.5) is 10.5 Å². The standard InChI is InChI=1S/C15H20N2O6/c1-10(2)8-13(14(18)19)16(3)15(20)23-9-11-4-6-12(7-5-11)17(21)22/h4-7,10,13H,8-9H2,1-3H3,(H,18,19)/p-1/t13-/m0/s1. The van der Waals surface area contributed by atoms with Crippen LogP contribution in [0.2, 0.25) is 0 Å². The highest BCUT2D eigenvalue weighted by atomic mass is 16.6. The summed E-state index contributed by atoms with van der Waals surface area (Å²) in [6.07, 6.45) is -0.538. The first-order chi connectivity index (χ1) is 10.7. The first-order valence-electron chi connectivity index (χ1n) is 7.06. The molecule has 1 rings (SSSR count). The fourth-order valence-electron chi connectivity index (χ4n) is 1.95. The van der Waals surface area contributed by atoms with Crippen molar-refractivity contribution in [2.24, 2.45) is 5.92 Å². The van der Waals surface area contributed by atoms with Crippen LogP contribution >= 0.6 is 0 Å². The first-order valence-corrected chi connectivity index (χ1v) is 7.06. The van der Waals surface area contributed by atoms with Crippen molar-refractivity contribution in [3.63, 3.8) is 0 Å². The van der Waals surface area contributed by atoms with Gasteiger partial charge in [0.15, 0.2) is 0 Å². The zero-order valence-corrected chi connectivity index (χ0v) is 13.2. The predicted molar refractivity (Wildman–Crippen MR) is 79.3 cm³/mol. The number of nitro benzene ring substituents is 1. The van der Waals surface area contributed by atoms with Gasteiger partial charge in [0, 0.05) is 19.2 Å². The molecule has 8 nitrogen and oxygen atoms in total. The number of likely N-dealkylation sites (N-methyl/N-ethyl adjacent to an activating group) is 1. The number of carbonyl (C=O) groups is 2. The Hall–Kier alpha value is -2.64. The number of rotatable bonds is 7. The van der Waals surface area contributed by atoms with Crippen LogP contribution in [0.25, 0.3) is 0 Å². The summed E-state index contributed by atoms with van der Waals surface area (Å²) in [5, 5.41) is 21.7. The molecule has 0 aliphatic carbocycles. The number of benzene rings is 1. The molecule has 0 aliphatic heterocycles. The largest absolute Gasteiger partial charge is 0.548 e. The van der Waals surface area contributed by atoms with E-state index in [1.807, 2.05) is 13.8 Å². The fraction of sp³-hybridized carbons (Fsp3) is 0.467. The van der Waals surface area contributed by atoms with Gasteiger partial charge in [0.1, 0.15) is 6.61 Å². The molecule has 23 heavy (non-hydrogen) atoms. The van der Waals surface area contributed by atoms with Crippen LogP contribution in [-0.2, 0) is 16.1 Å². The number of hydrogen-bond acceptors (Lipinski definition) is 6. The van der Waals surface area contributed by atoms with Crippen molar-refractivity contribution in [2.75, 3.05) is 7.05 Å². The third-order valence-corrected chi connectivity index (χ3v) is 3.23. The van der Waals surface area contributed by atoms with E-state index in [0.717, 1.165) is 4.90 Å². The van der Waals surface area contributed by atoms with Crippen LogP contribution in [0.3, 0.4) is 0 Å². The first kappa shape index (κ1) is 18.4. The Morgan fingerprint density at radius 2 is 1.83 bits per heavy atom. The van der Waals surface area contributed by atoms with E-state index in [0.29, 0.717) is 5.56 Å². The minimum Gasteiger partial charge on any atom is -0.548 e. The van der Waals surface area contributed by atoms with Gasteiger partial charge >= 0.3 is 6.09 Å². The average Bonchev–Trinajstić information content (AvgIpc) is 2.49. The Kier molecular flexibility index (Phi) is 6.49. The van der Waals surface area contributed by atoms with E-state index in [1.165, 1.54) is 31.3 Å². The highest BCUT2D eigenvalue weighted by molar-refractivity contribution is 5.78. The normalized spacial score (nSPS) is 11.8. The molecular formula is C15H19N2O6-. The van der Waals surface area contributed by atoms with Crippen molar-refractivity contribution in [1.29, 1.82) is 0 Å². The number of nitrogens with zero attached hydrogens (tertiary/aromatic N) is 2. The number of carboxylic acids is 1. The van der Waals surface area contributed by atoms with Crippen LogP contribution in [0, 0.1) is 16.0 Å². The maximum Gasteiger partial charge on any atom is 0.410 e. The summed E-state index contributed by atoms with van der Waals surface area (Å²) in [7, 11) is 1.33. The molecule has 1 atom stereocenters. The number of aliphatic carboxylic acids is 1. The third-order valence-electron chi connectivity index (χ3n) is 3.23. The second-order valence-electron chi connectivity index (χ2n) is 5.55. The molecule has 0 aromatic heterocycles. The van der Waals surface area contributed by atoms with Gasteiger partial charge in [0.05, 0.1) is 16.9 Å². The van der Waals surface area contributed by atoms with Crippen molar-refractivity contribution in [1.82, 2.24) is 4.90 Å². The van der Waals surface area contributed by atoms with Gasteiger partial charge in [-0.1, -0.05) is 13.8 Å². The average molecular weight is 323 g/mol. The summed E-state index contributed by atoms with van der Waals surface area (Å²) in [5.74, 6) is -1.27. The van der Waals surface area contributed by atoms with Gasteiger partial charge in [-0.15, -0.1) is 0 Å². The van der Waals surface area contributed by atoms with Gasteiger partial charge in [-0.25, -0.2) is 4.79 Å². The monoisotopic (exact) mass is 323 g/mol. The molecule has 0 saturated heterocycles. The summed E-state index contributed by atoms with van der Waals surface area (Å²) in [6.45, 7) is 3.57. The molecule has 0 spiro atoms. The van der Waals surface area contributed by atoms with E-state index in [2.05, 4.69) is 0 Å². The van der Waals surface area contributed by atoms with Gasteiger partial charge in [0.2, 0.25) is 0 Å². The number of ether oxygens (including phenoxy) is 1. The second-order valence-corrected chi connectivity index (χ2v) is 5.55. The lowest BCUT2D eigenvalue weighted by molar-refractivity contribution is -0.384.